The zero-order valence-corrected chi connectivity index (χ0v) is 10.5. The molecule has 1 saturated heterocycles. The van der Waals surface area contributed by atoms with Crippen molar-refractivity contribution >= 4 is 11.6 Å². The summed E-state index contributed by atoms with van der Waals surface area (Å²) in [6.07, 6.45) is 1.98. The van der Waals surface area contributed by atoms with Gasteiger partial charge in [-0.15, -0.1) is 0 Å². The highest BCUT2D eigenvalue weighted by Crippen LogP contribution is 2.21. The van der Waals surface area contributed by atoms with E-state index in [1.807, 2.05) is 0 Å². The predicted octanol–water partition coefficient (Wildman–Crippen LogP) is 2.68. The van der Waals surface area contributed by atoms with Crippen LogP contribution in [0.2, 0.25) is 5.02 Å². The van der Waals surface area contributed by atoms with E-state index in [0.29, 0.717) is 23.0 Å². The molecule has 1 aliphatic heterocycles. The van der Waals surface area contributed by atoms with E-state index in [9.17, 15) is 4.39 Å². The van der Waals surface area contributed by atoms with E-state index in [0.717, 1.165) is 25.9 Å². The van der Waals surface area contributed by atoms with E-state index in [-0.39, 0.29) is 12.4 Å². The lowest BCUT2D eigenvalue weighted by Crippen LogP contribution is -2.34. The van der Waals surface area contributed by atoms with E-state index in [4.69, 9.17) is 16.7 Å². The zero-order valence-electron chi connectivity index (χ0n) is 9.70. The number of rotatable bonds is 3. The molecule has 0 atom stereocenters. The summed E-state index contributed by atoms with van der Waals surface area (Å²) in [6.45, 7) is 2.74. The molecule has 2 rings (SSSR count). The van der Waals surface area contributed by atoms with Crippen molar-refractivity contribution in [3.8, 4) is 0 Å². The lowest BCUT2D eigenvalue weighted by molar-refractivity contribution is 0.126. The first-order chi connectivity index (χ1) is 8.19. The van der Waals surface area contributed by atoms with E-state index in [1.165, 1.54) is 6.07 Å². The summed E-state index contributed by atoms with van der Waals surface area (Å²) >= 11 is 5.72. The Morgan fingerprint density at radius 3 is 2.65 bits per heavy atom. The molecule has 1 aliphatic rings. The second-order valence-corrected chi connectivity index (χ2v) is 5.07. The van der Waals surface area contributed by atoms with Crippen LogP contribution < -0.4 is 0 Å². The summed E-state index contributed by atoms with van der Waals surface area (Å²) in [7, 11) is 0. The fourth-order valence-electron chi connectivity index (χ4n) is 2.22. The highest BCUT2D eigenvalue weighted by atomic mass is 35.5. The third kappa shape index (κ3) is 3.41. The molecule has 1 fully saturated rings. The average molecular weight is 258 g/mol. The molecule has 0 radical (unpaired) electrons. The van der Waals surface area contributed by atoms with Crippen LogP contribution in [-0.4, -0.2) is 29.7 Å². The monoisotopic (exact) mass is 257 g/mol. The minimum Gasteiger partial charge on any atom is -0.396 e. The van der Waals surface area contributed by atoms with Crippen molar-refractivity contribution in [2.75, 3.05) is 19.7 Å². The van der Waals surface area contributed by atoms with Gasteiger partial charge in [-0.3, -0.25) is 4.90 Å². The number of hydrogen-bond acceptors (Lipinski definition) is 2. The van der Waals surface area contributed by atoms with Crippen LogP contribution in [0, 0.1) is 11.7 Å². The third-order valence-electron chi connectivity index (χ3n) is 3.37. The molecule has 0 aliphatic carbocycles. The summed E-state index contributed by atoms with van der Waals surface area (Å²) < 4.78 is 13.6. The lowest BCUT2D eigenvalue weighted by atomic mass is 9.97. The van der Waals surface area contributed by atoms with Crippen LogP contribution in [-0.2, 0) is 6.54 Å². The van der Waals surface area contributed by atoms with Gasteiger partial charge in [0, 0.05) is 23.7 Å². The van der Waals surface area contributed by atoms with Crippen molar-refractivity contribution in [1.29, 1.82) is 0 Å². The molecule has 1 aromatic rings. The van der Waals surface area contributed by atoms with Crippen molar-refractivity contribution in [3.63, 3.8) is 0 Å². The van der Waals surface area contributed by atoms with Gasteiger partial charge < -0.3 is 5.11 Å². The zero-order chi connectivity index (χ0) is 12.3. The largest absolute Gasteiger partial charge is 0.396 e. The first-order valence-corrected chi connectivity index (χ1v) is 6.34. The van der Waals surface area contributed by atoms with Crippen molar-refractivity contribution < 1.29 is 9.50 Å². The van der Waals surface area contributed by atoms with Gasteiger partial charge in [0.1, 0.15) is 5.82 Å². The van der Waals surface area contributed by atoms with E-state index in [2.05, 4.69) is 4.90 Å². The second kappa shape index (κ2) is 5.80. The van der Waals surface area contributed by atoms with Crippen molar-refractivity contribution in [2.45, 2.75) is 19.4 Å². The minimum atomic E-state index is -0.234. The Labute approximate surface area is 106 Å². The van der Waals surface area contributed by atoms with Crippen LogP contribution in [0.1, 0.15) is 18.4 Å². The molecule has 0 unspecified atom stereocenters. The molecule has 1 heterocycles. The molecular weight excluding hydrogens is 241 g/mol. The van der Waals surface area contributed by atoms with Gasteiger partial charge in [0.05, 0.1) is 0 Å². The standard InChI is InChI=1S/C13H17ClFNO/c14-12-2-1-11(13(15)7-12)8-16-5-3-10(9-17)4-6-16/h1-2,7,10,17H,3-6,8-9H2. The summed E-state index contributed by atoms with van der Waals surface area (Å²) in [5, 5.41) is 9.48. The number of likely N-dealkylation sites (tertiary alicyclic amines) is 1. The van der Waals surface area contributed by atoms with Gasteiger partial charge in [-0.1, -0.05) is 17.7 Å². The number of piperidine rings is 1. The second-order valence-electron chi connectivity index (χ2n) is 4.64. The number of benzene rings is 1. The van der Waals surface area contributed by atoms with E-state index >= 15 is 0 Å². The Hall–Kier alpha value is -0.640. The van der Waals surface area contributed by atoms with Crippen molar-refractivity contribution in [2.24, 2.45) is 5.92 Å². The predicted molar refractivity (Wildman–Crippen MR) is 66.5 cm³/mol. The van der Waals surface area contributed by atoms with Crippen LogP contribution in [0.4, 0.5) is 4.39 Å². The van der Waals surface area contributed by atoms with Gasteiger partial charge >= 0.3 is 0 Å². The number of nitrogens with zero attached hydrogens (tertiary/aromatic N) is 1. The van der Waals surface area contributed by atoms with Crippen molar-refractivity contribution in [1.82, 2.24) is 4.90 Å². The van der Waals surface area contributed by atoms with Gasteiger partial charge in [-0.05, 0) is 44.0 Å². The van der Waals surface area contributed by atoms with Crippen molar-refractivity contribution in [3.05, 3.63) is 34.6 Å². The molecule has 1 N–H and O–H groups in total. The van der Waals surface area contributed by atoms with E-state index < -0.39 is 0 Å². The highest BCUT2D eigenvalue weighted by molar-refractivity contribution is 6.30. The van der Waals surface area contributed by atoms with Gasteiger partial charge in [0.2, 0.25) is 0 Å². The first kappa shape index (κ1) is 12.8. The van der Waals surface area contributed by atoms with Crippen LogP contribution >= 0.6 is 11.6 Å². The molecule has 4 heteroatoms. The minimum absolute atomic E-state index is 0.234. The Kier molecular flexibility index (Phi) is 4.37. The molecule has 0 saturated carbocycles. The number of aliphatic hydroxyl groups is 1. The summed E-state index contributed by atoms with van der Waals surface area (Å²) in [4.78, 5) is 2.22. The SMILES string of the molecule is OCC1CCN(Cc2ccc(Cl)cc2F)CC1. The molecule has 0 amide bonds. The Bertz CT molecular complexity index is 378. The average Bonchev–Trinajstić information content (AvgIpc) is 2.34. The highest BCUT2D eigenvalue weighted by Gasteiger charge is 2.19. The summed E-state index contributed by atoms with van der Waals surface area (Å²) in [6, 6.07) is 4.83. The molecule has 0 spiro atoms. The number of aliphatic hydroxyl groups excluding tert-OH is 1. The van der Waals surface area contributed by atoms with Crippen LogP contribution in [0.25, 0.3) is 0 Å². The fourth-order valence-corrected chi connectivity index (χ4v) is 2.38. The van der Waals surface area contributed by atoms with Gasteiger partial charge in [-0.25, -0.2) is 4.39 Å². The maximum Gasteiger partial charge on any atom is 0.129 e. The maximum atomic E-state index is 13.6. The van der Waals surface area contributed by atoms with Gasteiger partial charge in [0.15, 0.2) is 0 Å². The molecular formula is C13H17ClFNO. The Morgan fingerprint density at radius 2 is 2.06 bits per heavy atom. The quantitative estimate of drug-likeness (QED) is 0.900. The molecule has 2 nitrogen and oxygen atoms in total. The third-order valence-corrected chi connectivity index (χ3v) is 3.61. The Morgan fingerprint density at radius 1 is 1.35 bits per heavy atom. The first-order valence-electron chi connectivity index (χ1n) is 5.96. The molecule has 0 aromatic heterocycles. The molecule has 1 aromatic carbocycles. The normalized spacial score (nSPS) is 18.5. The maximum absolute atomic E-state index is 13.6. The Balaban J connectivity index is 1.93. The van der Waals surface area contributed by atoms with E-state index in [1.54, 1.807) is 12.1 Å². The number of hydrogen-bond donors (Lipinski definition) is 1. The fraction of sp³-hybridized carbons (Fsp3) is 0.538. The summed E-state index contributed by atoms with van der Waals surface area (Å²) in [5.74, 6) is 0.183. The molecule has 94 valence electrons. The molecule has 0 bridgehead atoms. The molecule has 17 heavy (non-hydrogen) atoms. The van der Waals surface area contributed by atoms with Gasteiger partial charge in [-0.2, -0.15) is 0 Å². The van der Waals surface area contributed by atoms with Crippen LogP contribution in [0.15, 0.2) is 18.2 Å². The summed E-state index contributed by atoms with van der Waals surface area (Å²) in [5.41, 5.74) is 0.692. The smallest absolute Gasteiger partial charge is 0.129 e. The lowest BCUT2D eigenvalue weighted by Gasteiger charge is -2.31. The number of halogens is 2. The van der Waals surface area contributed by atoms with Crippen LogP contribution in [0.5, 0.6) is 0 Å². The van der Waals surface area contributed by atoms with Gasteiger partial charge in [0.25, 0.3) is 0 Å². The van der Waals surface area contributed by atoms with Crippen LogP contribution in [0.3, 0.4) is 0 Å². The topological polar surface area (TPSA) is 23.5 Å².